The van der Waals surface area contributed by atoms with Crippen LogP contribution in [0.1, 0.15) is 25.3 Å². The van der Waals surface area contributed by atoms with E-state index in [9.17, 15) is 9.90 Å². The van der Waals surface area contributed by atoms with Crippen molar-refractivity contribution in [1.82, 2.24) is 19.5 Å². The molecule has 0 radical (unpaired) electrons. The molecule has 32 heavy (non-hydrogen) atoms. The van der Waals surface area contributed by atoms with E-state index in [1.807, 2.05) is 57.2 Å². The van der Waals surface area contributed by atoms with Crippen molar-refractivity contribution in [3.8, 4) is 0 Å². The number of hydrogen-bond donors (Lipinski definition) is 4. The Hall–Kier alpha value is -3.11. The average Bonchev–Trinajstić information content (AvgIpc) is 3.13. The second kappa shape index (κ2) is 11.0. The van der Waals surface area contributed by atoms with E-state index in [-0.39, 0.29) is 18.6 Å². The summed E-state index contributed by atoms with van der Waals surface area (Å²) in [5.41, 5.74) is 3.58. The van der Waals surface area contributed by atoms with Crippen LogP contribution in [0, 0.1) is 0 Å². The van der Waals surface area contributed by atoms with E-state index in [1.54, 1.807) is 10.7 Å². The normalized spacial score (nSPS) is 12.2. The highest BCUT2D eigenvalue weighted by molar-refractivity contribution is 6.36. The minimum absolute atomic E-state index is 0.0405. The van der Waals surface area contributed by atoms with E-state index in [0.29, 0.717) is 18.9 Å². The van der Waals surface area contributed by atoms with Gasteiger partial charge in [-0.25, -0.2) is 4.98 Å². The lowest BCUT2D eigenvalue weighted by Gasteiger charge is -2.18. The zero-order chi connectivity index (χ0) is 23.1. The molecule has 0 fully saturated rings. The molecule has 0 bridgehead atoms. The van der Waals surface area contributed by atoms with Gasteiger partial charge in [-0.2, -0.15) is 9.61 Å². The molecule has 3 aromatic rings. The summed E-state index contributed by atoms with van der Waals surface area (Å²) >= 11 is 0. The zero-order valence-corrected chi connectivity index (χ0v) is 19.2. The van der Waals surface area contributed by atoms with E-state index < -0.39 is 0 Å². The third kappa shape index (κ3) is 6.21. The fraction of sp³-hybridized carbons (Fsp3) is 0.409. The second-order valence-electron chi connectivity index (χ2n) is 8.24. The van der Waals surface area contributed by atoms with Crippen molar-refractivity contribution >= 4 is 42.2 Å². The number of rotatable bonds is 11. The van der Waals surface area contributed by atoms with Crippen LogP contribution in [0.3, 0.4) is 0 Å². The fourth-order valence-electron chi connectivity index (χ4n) is 3.43. The molecule has 4 N–H and O–H groups in total. The minimum atomic E-state index is -0.0432. The molecule has 0 aliphatic rings. The van der Waals surface area contributed by atoms with Crippen molar-refractivity contribution in [3.05, 3.63) is 42.1 Å². The summed E-state index contributed by atoms with van der Waals surface area (Å²) < 4.78 is 1.78. The Kier molecular flexibility index (Phi) is 8.07. The number of nitrogens with zero attached hydrogens (tertiary/aromatic N) is 4. The van der Waals surface area contributed by atoms with Crippen molar-refractivity contribution in [3.63, 3.8) is 0 Å². The summed E-state index contributed by atoms with van der Waals surface area (Å²) in [6, 6.07) is 9.62. The Labute approximate surface area is 189 Å². The van der Waals surface area contributed by atoms with Gasteiger partial charge in [0.1, 0.15) is 19.5 Å². The van der Waals surface area contributed by atoms with Gasteiger partial charge in [0.05, 0.1) is 19.2 Å². The van der Waals surface area contributed by atoms with Gasteiger partial charge in [-0.1, -0.05) is 25.5 Å². The molecule has 1 amide bonds. The molecule has 0 spiro atoms. The lowest BCUT2D eigenvalue weighted by Crippen LogP contribution is -2.27. The summed E-state index contributed by atoms with van der Waals surface area (Å²) in [7, 11) is 5.70. The van der Waals surface area contributed by atoms with E-state index in [1.165, 1.54) is 0 Å². The van der Waals surface area contributed by atoms with Gasteiger partial charge in [-0.05, 0) is 43.7 Å². The number of carbonyl (C=O) groups excluding carboxylic acids is 1. The first kappa shape index (κ1) is 23.6. The van der Waals surface area contributed by atoms with Crippen LogP contribution in [0.2, 0.25) is 0 Å². The van der Waals surface area contributed by atoms with Crippen LogP contribution in [0.25, 0.3) is 5.65 Å². The van der Waals surface area contributed by atoms with Gasteiger partial charge in [0.15, 0.2) is 5.65 Å². The number of anilines is 3. The Bertz CT molecular complexity index is 1040. The second-order valence-corrected chi connectivity index (χ2v) is 8.24. The van der Waals surface area contributed by atoms with E-state index in [2.05, 4.69) is 33.0 Å². The summed E-state index contributed by atoms with van der Waals surface area (Å²) in [6.07, 6.45) is 3.63. The summed E-state index contributed by atoms with van der Waals surface area (Å²) in [5, 5.41) is 23.7. The van der Waals surface area contributed by atoms with Crippen molar-refractivity contribution in [1.29, 1.82) is 0 Å². The molecule has 0 aliphatic carbocycles. The molecule has 0 unspecified atom stereocenters. The number of benzene rings is 1. The van der Waals surface area contributed by atoms with E-state index in [4.69, 9.17) is 0 Å². The highest BCUT2D eigenvalue weighted by atomic mass is 16.3. The number of carbonyl (C=O) groups is 1. The third-order valence-electron chi connectivity index (χ3n) is 5.03. The molecular formula is C22H32BN7O2. The fourth-order valence-corrected chi connectivity index (χ4v) is 3.43. The number of aliphatic hydroxyl groups is 1. The van der Waals surface area contributed by atoms with Crippen LogP contribution in [0.4, 0.5) is 17.3 Å². The number of likely N-dealkylation sites (N-methyl/N-ethyl adjacent to an activating group) is 1. The lowest BCUT2D eigenvalue weighted by atomic mass is 10.0. The third-order valence-corrected chi connectivity index (χ3v) is 5.03. The minimum Gasteiger partial charge on any atom is -0.394 e. The molecule has 0 saturated heterocycles. The summed E-state index contributed by atoms with van der Waals surface area (Å²) in [5.74, 6) is 1.47. The standard InChI is InChI=1S/C22H32BN7O2/c1-4-5-17(14-31)26-19-10-20(30-22(28-19)18(23)12-25-30)24-11-15-6-8-16(9-7-15)27-21(32)13-29(2)3/h6-10,12,17,24,31H,4-5,11,13-14,23H2,1-3H3,(H,26,28)(H,27,32)/t17-/m1/s1. The number of aromatic nitrogens is 3. The highest BCUT2D eigenvalue weighted by Gasteiger charge is 2.12. The molecule has 9 nitrogen and oxygen atoms in total. The maximum Gasteiger partial charge on any atom is 0.238 e. The van der Waals surface area contributed by atoms with Gasteiger partial charge in [-0.3, -0.25) is 4.79 Å². The largest absolute Gasteiger partial charge is 0.394 e. The Morgan fingerprint density at radius 1 is 1.28 bits per heavy atom. The first-order valence-electron chi connectivity index (χ1n) is 10.9. The maximum atomic E-state index is 11.9. The number of hydrogen-bond acceptors (Lipinski definition) is 7. The molecular weight excluding hydrogens is 405 g/mol. The monoisotopic (exact) mass is 437 g/mol. The number of nitrogens with one attached hydrogen (secondary N) is 3. The molecule has 1 atom stereocenters. The van der Waals surface area contributed by atoms with Crippen molar-refractivity contribution < 1.29 is 9.90 Å². The van der Waals surface area contributed by atoms with Gasteiger partial charge < -0.3 is 26.0 Å². The van der Waals surface area contributed by atoms with Crippen LogP contribution < -0.4 is 21.4 Å². The maximum absolute atomic E-state index is 11.9. The van der Waals surface area contributed by atoms with Crippen LogP contribution >= 0.6 is 0 Å². The molecule has 2 aromatic heterocycles. The smallest absolute Gasteiger partial charge is 0.238 e. The van der Waals surface area contributed by atoms with Gasteiger partial charge in [-0.15, -0.1) is 0 Å². The van der Waals surface area contributed by atoms with Crippen molar-refractivity contribution in [2.45, 2.75) is 32.4 Å². The first-order valence-corrected chi connectivity index (χ1v) is 10.9. The molecule has 0 aliphatic heterocycles. The molecule has 0 saturated carbocycles. The van der Waals surface area contributed by atoms with E-state index in [0.717, 1.165) is 41.0 Å². The van der Waals surface area contributed by atoms with Gasteiger partial charge in [0.25, 0.3) is 0 Å². The van der Waals surface area contributed by atoms with Crippen LogP contribution in [0.15, 0.2) is 36.5 Å². The van der Waals surface area contributed by atoms with Gasteiger partial charge in [0, 0.05) is 24.5 Å². The number of aliphatic hydroxyl groups excluding tert-OH is 1. The molecule has 170 valence electrons. The SMILES string of the molecule is Bc1cnn2c(NCc3ccc(NC(=O)CN(C)C)cc3)cc(N[C@@H](CO)CCC)nc12. The van der Waals surface area contributed by atoms with Gasteiger partial charge in [0.2, 0.25) is 5.91 Å². The Morgan fingerprint density at radius 2 is 2.03 bits per heavy atom. The van der Waals surface area contributed by atoms with Crippen molar-refractivity contribution in [2.75, 3.05) is 43.2 Å². The zero-order valence-electron chi connectivity index (χ0n) is 19.2. The average molecular weight is 437 g/mol. The molecule has 1 aromatic carbocycles. The Balaban J connectivity index is 1.72. The quantitative estimate of drug-likeness (QED) is 0.327. The van der Waals surface area contributed by atoms with Crippen LogP contribution in [0.5, 0.6) is 0 Å². The number of fused-ring (bicyclic) bond motifs is 1. The highest BCUT2D eigenvalue weighted by Crippen LogP contribution is 2.18. The summed E-state index contributed by atoms with van der Waals surface area (Å²) in [6.45, 7) is 3.07. The van der Waals surface area contributed by atoms with Gasteiger partial charge >= 0.3 is 0 Å². The topological polar surface area (TPSA) is 107 Å². The predicted molar refractivity (Wildman–Crippen MR) is 132 cm³/mol. The Morgan fingerprint density at radius 3 is 2.69 bits per heavy atom. The molecule has 2 heterocycles. The lowest BCUT2D eigenvalue weighted by molar-refractivity contribution is -0.116. The van der Waals surface area contributed by atoms with Crippen LogP contribution in [-0.4, -0.2) is 71.6 Å². The molecule has 3 rings (SSSR count). The van der Waals surface area contributed by atoms with Crippen molar-refractivity contribution in [2.24, 2.45) is 0 Å². The van der Waals surface area contributed by atoms with Crippen LogP contribution in [-0.2, 0) is 11.3 Å². The first-order chi connectivity index (χ1) is 15.4. The van der Waals surface area contributed by atoms with E-state index >= 15 is 0 Å². The predicted octanol–water partition coefficient (Wildman–Crippen LogP) is 0.673. The summed E-state index contributed by atoms with van der Waals surface area (Å²) in [4.78, 5) is 18.4. The number of amides is 1. The molecule has 10 heteroatoms.